The zero-order valence-corrected chi connectivity index (χ0v) is 12.0. The van der Waals surface area contributed by atoms with E-state index in [1.807, 2.05) is 0 Å². The van der Waals surface area contributed by atoms with Crippen LogP contribution < -0.4 is 5.32 Å². The first-order chi connectivity index (χ1) is 9.33. The summed E-state index contributed by atoms with van der Waals surface area (Å²) in [5.41, 5.74) is 2.81. The number of hydrogen-bond donors (Lipinski definition) is 1. The van der Waals surface area contributed by atoms with Crippen molar-refractivity contribution in [3.05, 3.63) is 29.2 Å². The maximum absolute atomic E-state index is 5.60. The maximum atomic E-state index is 5.60. The highest BCUT2D eigenvalue weighted by Gasteiger charge is 2.23. The lowest BCUT2D eigenvalue weighted by molar-refractivity contribution is 0.396. The van der Waals surface area contributed by atoms with E-state index in [1.165, 1.54) is 50.5 Å². The van der Waals surface area contributed by atoms with E-state index in [0.29, 0.717) is 0 Å². The van der Waals surface area contributed by atoms with E-state index in [0.717, 1.165) is 24.3 Å². The molecule has 0 saturated heterocycles. The molecule has 1 aromatic heterocycles. The molecule has 0 atom stereocenters. The Balaban J connectivity index is 1.73. The summed E-state index contributed by atoms with van der Waals surface area (Å²) in [7, 11) is 0. The molecule has 0 radical (unpaired) electrons. The van der Waals surface area contributed by atoms with Gasteiger partial charge in [0.2, 0.25) is 0 Å². The quantitative estimate of drug-likeness (QED) is 0.852. The molecular weight excluding hydrogens is 234 g/mol. The zero-order chi connectivity index (χ0) is 13.1. The zero-order valence-electron chi connectivity index (χ0n) is 12.0. The monoisotopic (exact) mass is 259 g/mol. The van der Waals surface area contributed by atoms with E-state index < -0.39 is 0 Å². The fourth-order valence-corrected chi connectivity index (χ4v) is 3.04. The van der Waals surface area contributed by atoms with Crippen molar-refractivity contribution < 1.29 is 4.42 Å². The van der Waals surface area contributed by atoms with Crippen LogP contribution in [-0.2, 0) is 0 Å². The highest BCUT2D eigenvalue weighted by Crippen LogP contribution is 2.31. The predicted octanol–water partition coefficient (Wildman–Crippen LogP) is 4.30. The molecule has 0 amide bonds. The topological polar surface area (TPSA) is 25.2 Å². The van der Waals surface area contributed by atoms with Gasteiger partial charge in [-0.15, -0.1) is 0 Å². The number of rotatable bonds is 5. The first kappa shape index (κ1) is 13.0. The van der Waals surface area contributed by atoms with Gasteiger partial charge in [-0.2, -0.15) is 0 Å². The highest BCUT2D eigenvalue weighted by molar-refractivity contribution is 5.52. The van der Waals surface area contributed by atoms with E-state index in [-0.39, 0.29) is 0 Å². The van der Waals surface area contributed by atoms with Crippen molar-refractivity contribution in [2.24, 2.45) is 5.92 Å². The van der Waals surface area contributed by atoms with Gasteiger partial charge in [-0.3, -0.25) is 0 Å². The normalized spacial score (nSPS) is 21.8. The van der Waals surface area contributed by atoms with Crippen molar-refractivity contribution in [3.63, 3.8) is 0 Å². The van der Waals surface area contributed by atoms with Gasteiger partial charge in [-0.05, 0) is 61.8 Å². The summed E-state index contributed by atoms with van der Waals surface area (Å²) in [6, 6.07) is 2.84. The summed E-state index contributed by atoms with van der Waals surface area (Å²) in [5.74, 6) is 1.82. The predicted molar refractivity (Wildman–Crippen MR) is 79.0 cm³/mol. The van der Waals surface area contributed by atoms with E-state index in [4.69, 9.17) is 4.42 Å². The lowest BCUT2D eigenvalue weighted by Gasteiger charge is -2.25. The molecule has 1 heterocycles. The molecule has 0 unspecified atom stereocenters. The van der Waals surface area contributed by atoms with Crippen molar-refractivity contribution in [3.8, 4) is 0 Å². The molecule has 2 aliphatic carbocycles. The molecular formula is C17H25NO. The van der Waals surface area contributed by atoms with E-state index in [2.05, 4.69) is 24.4 Å². The summed E-state index contributed by atoms with van der Waals surface area (Å²) in [4.78, 5) is 0. The Morgan fingerprint density at radius 3 is 2.68 bits per heavy atom. The average Bonchev–Trinajstić information content (AvgIpc) is 3.19. The smallest absolute Gasteiger partial charge is 0.129 e. The minimum Gasteiger partial charge on any atom is -0.465 e. The van der Waals surface area contributed by atoms with Crippen LogP contribution >= 0.6 is 0 Å². The largest absolute Gasteiger partial charge is 0.465 e. The van der Waals surface area contributed by atoms with Crippen LogP contribution in [0.5, 0.6) is 0 Å². The van der Waals surface area contributed by atoms with Gasteiger partial charge < -0.3 is 9.73 Å². The standard InChI is InChI=1S/C17H25NO/c1-13-9-10-19-17(13)11-15(12-18-16-7-8-16)14-5-3-2-4-6-14/h9-11,14,16,18H,2-8,12H2,1H3/b15-11-. The number of hydrogen-bond acceptors (Lipinski definition) is 2. The van der Waals surface area contributed by atoms with Crippen LogP contribution in [0.15, 0.2) is 22.3 Å². The molecule has 19 heavy (non-hydrogen) atoms. The summed E-state index contributed by atoms with van der Waals surface area (Å²) in [6.45, 7) is 3.18. The lowest BCUT2D eigenvalue weighted by atomic mass is 9.83. The van der Waals surface area contributed by atoms with Crippen LogP contribution in [0.2, 0.25) is 0 Å². The second-order valence-corrected chi connectivity index (χ2v) is 6.18. The number of nitrogens with one attached hydrogen (secondary N) is 1. The molecule has 1 N–H and O–H groups in total. The Morgan fingerprint density at radius 1 is 1.26 bits per heavy atom. The van der Waals surface area contributed by atoms with E-state index in [9.17, 15) is 0 Å². The van der Waals surface area contributed by atoms with Gasteiger partial charge in [0.25, 0.3) is 0 Å². The molecule has 0 aliphatic heterocycles. The van der Waals surface area contributed by atoms with Gasteiger partial charge in [-0.1, -0.05) is 19.3 Å². The Bertz CT molecular complexity index is 436. The van der Waals surface area contributed by atoms with Crippen LogP contribution in [0.3, 0.4) is 0 Å². The van der Waals surface area contributed by atoms with Gasteiger partial charge in [-0.25, -0.2) is 0 Å². The maximum Gasteiger partial charge on any atom is 0.129 e. The van der Waals surface area contributed by atoms with Crippen LogP contribution in [-0.4, -0.2) is 12.6 Å². The van der Waals surface area contributed by atoms with Crippen molar-refractivity contribution in [2.75, 3.05) is 6.54 Å². The fraction of sp³-hybridized carbons (Fsp3) is 0.647. The minimum atomic E-state index is 0.768. The Kier molecular flexibility index (Phi) is 4.07. The molecule has 0 aromatic carbocycles. The molecule has 0 bridgehead atoms. The highest BCUT2D eigenvalue weighted by atomic mass is 16.3. The second kappa shape index (κ2) is 5.96. The van der Waals surface area contributed by atoms with Gasteiger partial charge in [0.1, 0.15) is 5.76 Å². The molecule has 104 valence electrons. The third kappa shape index (κ3) is 3.50. The van der Waals surface area contributed by atoms with Crippen molar-refractivity contribution in [1.82, 2.24) is 5.32 Å². The van der Waals surface area contributed by atoms with E-state index in [1.54, 1.807) is 11.8 Å². The average molecular weight is 259 g/mol. The van der Waals surface area contributed by atoms with Crippen LogP contribution in [0.25, 0.3) is 6.08 Å². The first-order valence-electron chi connectivity index (χ1n) is 7.81. The third-order valence-electron chi connectivity index (χ3n) is 4.52. The summed E-state index contributed by atoms with van der Waals surface area (Å²) in [6.07, 6.45) is 13.7. The Morgan fingerprint density at radius 2 is 2.05 bits per heavy atom. The molecule has 3 rings (SSSR count). The molecule has 2 fully saturated rings. The molecule has 1 aromatic rings. The van der Waals surface area contributed by atoms with Crippen molar-refractivity contribution in [1.29, 1.82) is 0 Å². The van der Waals surface area contributed by atoms with Gasteiger partial charge in [0.05, 0.1) is 6.26 Å². The minimum absolute atomic E-state index is 0.768. The van der Waals surface area contributed by atoms with Gasteiger partial charge in [0.15, 0.2) is 0 Å². The Labute approximate surface area is 116 Å². The van der Waals surface area contributed by atoms with E-state index >= 15 is 0 Å². The molecule has 0 spiro atoms. The van der Waals surface area contributed by atoms with Crippen LogP contribution in [0.1, 0.15) is 56.3 Å². The molecule has 2 heteroatoms. The fourth-order valence-electron chi connectivity index (χ4n) is 3.04. The van der Waals surface area contributed by atoms with Crippen LogP contribution in [0, 0.1) is 12.8 Å². The lowest BCUT2D eigenvalue weighted by Crippen LogP contribution is -2.24. The number of aryl methyl sites for hydroxylation is 1. The first-order valence-corrected chi connectivity index (χ1v) is 7.81. The molecule has 2 nitrogen and oxygen atoms in total. The third-order valence-corrected chi connectivity index (χ3v) is 4.52. The SMILES string of the molecule is Cc1ccoc1/C=C(/CNC1CC1)C1CCCCC1. The van der Waals surface area contributed by atoms with Crippen molar-refractivity contribution >= 4 is 6.08 Å². The van der Waals surface area contributed by atoms with Crippen molar-refractivity contribution in [2.45, 2.75) is 57.9 Å². The van der Waals surface area contributed by atoms with Crippen LogP contribution in [0.4, 0.5) is 0 Å². The summed E-state index contributed by atoms with van der Waals surface area (Å²) in [5, 5.41) is 3.68. The Hall–Kier alpha value is -1.02. The van der Waals surface area contributed by atoms with Gasteiger partial charge >= 0.3 is 0 Å². The number of furan rings is 1. The summed E-state index contributed by atoms with van der Waals surface area (Å²) < 4.78 is 5.60. The summed E-state index contributed by atoms with van der Waals surface area (Å²) >= 11 is 0. The molecule has 2 aliphatic rings. The molecule has 2 saturated carbocycles. The van der Waals surface area contributed by atoms with Gasteiger partial charge in [0, 0.05) is 12.6 Å². The second-order valence-electron chi connectivity index (χ2n) is 6.18.